The minimum atomic E-state index is -4.22. The Morgan fingerprint density at radius 1 is 1.40 bits per heavy atom. The number of carbonyl (C=O) groups excluding carboxylic acids is 1. The van der Waals surface area contributed by atoms with Crippen LogP contribution in [0.4, 0.5) is 0 Å². The standard InChI is InChI=1S/C24H38N2O4/c1-14(2)9-17-13-26-8-7-16-10-21(28-5)22(29-6)11-18(16)19(26)12-20(17)30-24(27)23(25)15(3)4/h10-11,14-15,17,19-20,23H,7-9,12-13,25H2,1-6H3/t17?,19?,20?,23-/m0/s1/i3D3,4D3,5D3,7D2,8D2,12D2,13D2,15D,17D,20D,23D. The second-order valence-corrected chi connectivity index (χ2v) is 7.04. The fourth-order valence-corrected chi connectivity index (χ4v) is 3.00. The summed E-state index contributed by atoms with van der Waals surface area (Å²) < 4.78 is 192. The van der Waals surface area contributed by atoms with Crippen LogP contribution in [0.2, 0.25) is 0 Å². The van der Waals surface area contributed by atoms with Gasteiger partial charge in [-0.3, -0.25) is 9.69 Å². The Bertz CT molecular complexity index is 1520. The molecule has 0 bridgehead atoms. The van der Waals surface area contributed by atoms with Gasteiger partial charge >= 0.3 is 5.97 Å². The largest absolute Gasteiger partial charge is 0.493 e. The van der Waals surface area contributed by atoms with Gasteiger partial charge < -0.3 is 19.9 Å². The molecule has 1 saturated heterocycles. The van der Waals surface area contributed by atoms with E-state index in [0.29, 0.717) is 6.07 Å². The van der Waals surface area contributed by atoms with Gasteiger partial charge in [0.2, 0.25) is 0 Å². The number of hydrogen-bond acceptors (Lipinski definition) is 6. The zero-order valence-corrected chi connectivity index (χ0v) is 16.7. The minimum absolute atomic E-state index is 0.0120. The summed E-state index contributed by atoms with van der Waals surface area (Å²) in [5.41, 5.74) is 4.13. The first-order chi connectivity index (χ1) is 22.3. The number of rotatable bonds is 7. The quantitative estimate of drug-likeness (QED) is 0.655. The summed E-state index contributed by atoms with van der Waals surface area (Å²) in [4.78, 5) is 13.8. The van der Waals surface area contributed by atoms with Gasteiger partial charge in [-0.25, -0.2) is 0 Å². The van der Waals surface area contributed by atoms with Crippen LogP contribution in [-0.2, 0) is 15.9 Å². The molecule has 2 heterocycles. The Hall–Kier alpha value is -1.79. The maximum absolute atomic E-state index is 13.8. The Morgan fingerprint density at radius 2 is 2.17 bits per heavy atom. The molecule has 2 N–H and O–H groups in total. The minimum Gasteiger partial charge on any atom is -0.493 e. The van der Waals surface area contributed by atoms with E-state index in [1.165, 1.54) is 13.8 Å². The first-order valence-corrected chi connectivity index (χ1v) is 9.03. The van der Waals surface area contributed by atoms with E-state index >= 15 is 0 Å². The lowest BCUT2D eigenvalue weighted by Crippen LogP contribution is -2.51. The molecule has 0 aromatic heterocycles. The molecule has 4 atom stereocenters. The van der Waals surface area contributed by atoms with Crippen LogP contribution in [0.15, 0.2) is 12.1 Å². The molecule has 0 saturated carbocycles. The van der Waals surface area contributed by atoms with Gasteiger partial charge in [0, 0.05) is 53.2 Å². The Balaban J connectivity index is 2.51. The average molecular weight is 440 g/mol. The van der Waals surface area contributed by atoms with Crippen LogP contribution in [0.25, 0.3) is 0 Å². The summed E-state index contributed by atoms with van der Waals surface area (Å²) in [6.07, 6.45) is -12.2. The number of piperidine rings is 1. The highest BCUT2D eigenvalue weighted by Crippen LogP contribution is 2.44. The van der Waals surface area contributed by atoms with Crippen molar-refractivity contribution in [3.05, 3.63) is 23.3 Å². The van der Waals surface area contributed by atoms with Crippen LogP contribution >= 0.6 is 0 Å². The molecule has 0 amide bonds. The predicted molar refractivity (Wildman–Crippen MR) is 118 cm³/mol. The summed E-state index contributed by atoms with van der Waals surface area (Å²) >= 11 is 0. The van der Waals surface area contributed by atoms with Crippen molar-refractivity contribution < 1.29 is 47.8 Å². The second-order valence-electron chi connectivity index (χ2n) is 7.04. The van der Waals surface area contributed by atoms with Crippen LogP contribution in [0.1, 0.15) is 86.3 Å². The zero-order valence-electron chi connectivity index (χ0n) is 37.7. The number of aryl methyl sites for hydroxylation is 1. The van der Waals surface area contributed by atoms with E-state index in [2.05, 4.69) is 0 Å². The van der Waals surface area contributed by atoms with E-state index in [1.54, 1.807) is 0 Å². The molecule has 168 valence electrons. The number of nitrogens with zero attached hydrogens (tertiary/aromatic N) is 1. The van der Waals surface area contributed by atoms with Gasteiger partial charge in [0.25, 0.3) is 0 Å². The molecule has 30 heavy (non-hydrogen) atoms. The van der Waals surface area contributed by atoms with Crippen molar-refractivity contribution in [2.45, 2.75) is 64.9 Å². The fourth-order valence-electron chi connectivity index (χ4n) is 3.00. The van der Waals surface area contributed by atoms with Crippen LogP contribution in [-0.4, -0.2) is 50.1 Å². The molecule has 0 spiro atoms. The van der Waals surface area contributed by atoms with E-state index in [-0.39, 0.29) is 4.90 Å². The maximum atomic E-state index is 13.8. The number of ether oxygens (including phenoxy) is 3. The van der Waals surface area contributed by atoms with E-state index < -0.39 is 117 Å². The monoisotopic (exact) mass is 439 g/mol. The molecule has 3 rings (SSSR count). The van der Waals surface area contributed by atoms with Crippen molar-refractivity contribution >= 4 is 5.97 Å². The smallest absolute Gasteiger partial charge is 0.323 e. The highest BCUT2D eigenvalue weighted by molar-refractivity contribution is 5.76. The number of carbonyl (C=O) groups is 1. The summed E-state index contributed by atoms with van der Waals surface area (Å²) in [6, 6.07) is -5.30. The van der Waals surface area contributed by atoms with Crippen LogP contribution in [0.3, 0.4) is 0 Å². The molecule has 0 radical (unpaired) electrons. The fraction of sp³-hybridized carbons (Fsp3) is 0.708. The lowest BCUT2D eigenvalue weighted by Gasteiger charge is -2.47. The summed E-state index contributed by atoms with van der Waals surface area (Å²) in [6.45, 7) is -12.7. The van der Waals surface area contributed by atoms with Gasteiger partial charge in [-0.15, -0.1) is 0 Å². The first kappa shape index (κ1) is 7.96. The maximum Gasteiger partial charge on any atom is 0.323 e. The predicted octanol–water partition coefficient (Wildman–Crippen LogP) is 3.56. The number of methoxy groups -OCH3 is 2. The van der Waals surface area contributed by atoms with Crippen LogP contribution < -0.4 is 15.2 Å². The third-order valence-corrected chi connectivity index (χ3v) is 4.40. The van der Waals surface area contributed by atoms with Crippen LogP contribution in [0, 0.1) is 17.7 Å². The van der Waals surface area contributed by atoms with Crippen molar-refractivity contribution in [2.24, 2.45) is 23.4 Å². The Morgan fingerprint density at radius 3 is 2.83 bits per heavy atom. The molecule has 2 aliphatic heterocycles. The SMILES string of the molecule is [2H]C([2H])([2H])Oc1cc2c(cc1OC)C1N(C([2H])([2H])C2([2H])[2H])C([2H])([2H])C([2H])(CC(C)C)C([2H])(OC(=O)[C@@]([2H])(N)C([2H])(C([2H])([2H])[2H])C([2H])([2H])[2H])C1([2H])[2H]. The third kappa shape index (κ3) is 4.75. The molecule has 1 aromatic rings. The molecular weight excluding hydrogens is 380 g/mol. The number of hydrogen-bond donors (Lipinski definition) is 1. The van der Waals surface area contributed by atoms with E-state index in [1.807, 2.05) is 0 Å². The van der Waals surface area contributed by atoms with Crippen molar-refractivity contribution in [2.75, 3.05) is 27.1 Å². The van der Waals surface area contributed by atoms with E-state index in [0.717, 1.165) is 13.2 Å². The second kappa shape index (κ2) is 9.56. The lowest BCUT2D eigenvalue weighted by atomic mass is 9.79. The van der Waals surface area contributed by atoms with Gasteiger partial charge in [-0.05, 0) is 47.9 Å². The normalized spacial score (nSPS) is 49.5. The lowest BCUT2D eigenvalue weighted by molar-refractivity contribution is -0.160. The molecule has 6 heteroatoms. The van der Waals surface area contributed by atoms with Gasteiger partial charge in [0.15, 0.2) is 11.5 Å². The van der Waals surface area contributed by atoms with E-state index in [9.17, 15) is 13.0 Å². The summed E-state index contributed by atoms with van der Waals surface area (Å²) in [7, 11) is -2.16. The summed E-state index contributed by atoms with van der Waals surface area (Å²) in [5.74, 6) is -12.4. The molecule has 3 unspecified atom stereocenters. The third-order valence-electron chi connectivity index (χ3n) is 4.40. The van der Waals surface area contributed by atoms with Crippen molar-refractivity contribution in [3.63, 3.8) is 0 Å². The highest BCUT2D eigenvalue weighted by atomic mass is 16.5. The van der Waals surface area contributed by atoms with Gasteiger partial charge in [0.1, 0.15) is 12.1 Å². The number of fused-ring (bicyclic) bond motifs is 3. The first-order valence-electron chi connectivity index (χ1n) is 19.5. The Labute approximate surface area is 210 Å². The molecule has 1 aromatic carbocycles. The van der Waals surface area contributed by atoms with Crippen molar-refractivity contribution in [3.8, 4) is 11.5 Å². The average Bonchev–Trinajstić information content (AvgIpc) is 2.90. The number of esters is 1. The molecule has 1 fully saturated rings. The van der Waals surface area contributed by atoms with Gasteiger partial charge in [-0.1, -0.05) is 27.6 Å². The van der Waals surface area contributed by atoms with Crippen molar-refractivity contribution in [1.82, 2.24) is 4.90 Å². The summed E-state index contributed by atoms with van der Waals surface area (Å²) in [5, 5.41) is 0. The van der Waals surface area contributed by atoms with E-state index in [4.69, 9.17) is 40.5 Å². The van der Waals surface area contributed by atoms with Crippen molar-refractivity contribution in [1.29, 1.82) is 0 Å². The number of benzene rings is 1. The molecule has 2 aliphatic rings. The zero-order chi connectivity index (χ0) is 40.4. The molecule has 6 nitrogen and oxygen atoms in total. The number of nitrogens with two attached hydrogens (primary N) is 1. The molecular formula is C24H38N2O4. The van der Waals surface area contributed by atoms with Gasteiger partial charge in [-0.2, -0.15) is 0 Å². The van der Waals surface area contributed by atoms with Gasteiger partial charge in [0.05, 0.1) is 21.0 Å². The highest BCUT2D eigenvalue weighted by Gasteiger charge is 2.41. The van der Waals surface area contributed by atoms with Crippen LogP contribution in [0.5, 0.6) is 11.5 Å². The Kier molecular flexibility index (Phi) is 2.54. The topological polar surface area (TPSA) is 74.0 Å². The molecule has 0 aliphatic carbocycles.